The second-order valence-electron chi connectivity index (χ2n) is 5.13. The van der Waals surface area contributed by atoms with E-state index in [1.54, 1.807) is 0 Å². The van der Waals surface area contributed by atoms with E-state index in [2.05, 4.69) is 5.32 Å². The van der Waals surface area contributed by atoms with Crippen LogP contribution in [0.1, 0.15) is 32.1 Å². The van der Waals surface area contributed by atoms with Gasteiger partial charge in [-0.25, -0.2) is 0 Å². The molecule has 1 N–H and O–H groups in total. The molecule has 2 heterocycles. The molecule has 0 amide bonds. The van der Waals surface area contributed by atoms with Crippen molar-refractivity contribution in [1.82, 2.24) is 5.32 Å². The third kappa shape index (κ3) is 2.58. The molecule has 3 heteroatoms. The van der Waals surface area contributed by atoms with Crippen LogP contribution in [-0.4, -0.2) is 18.2 Å². The van der Waals surface area contributed by atoms with Crippen molar-refractivity contribution < 1.29 is 4.74 Å². The van der Waals surface area contributed by atoms with Crippen molar-refractivity contribution in [3.63, 3.8) is 0 Å². The molecule has 0 aromatic heterocycles. The Morgan fingerprint density at radius 1 is 1.12 bits per heavy atom. The minimum Gasteiger partial charge on any atom is -0.489 e. The molecule has 17 heavy (non-hydrogen) atoms. The monoisotopic (exact) mass is 251 g/mol. The van der Waals surface area contributed by atoms with Crippen molar-refractivity contribution in [2.75, 3.05) is 0 Å². The van der Waals surface area contributed by atoms with Crippen LogP contribution in [0.2, 0.25) is 5.02 Å². The second kappa shape index (κ2) is 4.87. The van der Waals surface area contributed by atoms with Gasteiger partial charge in [0, 0.05) is 12.1 Å². The Morgan fingerprint density at radius 3 is 2.53 bits per heavy atom. The summed E-state index contributed by atoms with van der Waals surface area (Å²) in [5.74, 6) is 0.833. The van der Waals surface area contributed by atoms with E-state index in [4.69, 9.17) is 16.3 Å². The van der Waals surface area contributed by atoms with Gasteiger partial charge in [0.25, 0.3) is 0 Å². The third-order valence-electron chi connectivity index (χ3n) is 3.80. The molecule has 2 saturated heterocycles. The Balaban J connectivity index is 1.68. The molecular weight excluding hydrogens is 234 g/mol. The first-order valence-corrected chi connectivity index (χ1v) is 6.86. The van der Waals surface area contributed by atoms with Gasteiger partial charge in [-0.3, -0.25) is 0 Å². The first-order chi connectivity index (χ1) is 8.31. The summed E-state index contributed by atoms with van der Waals surface area (Å²) >= 11 is 6.12. The molecule has 0 radical (unpaired) electrons. The Bertz CT molecular complexity index is 384. The van der Waals surface area contributed by atoms with Gasteiger partial charge in [0.1, 0.15) is 11.9 Å². The average molecular weight is 252 g/mol. The van der Waals surface area contributed by atoms with Crippen LogP contribution in [0.3, 0.4) is 0 Å². The van der Waals surface area contributed by atoms with Crippen LogP contribution in [0, 0.1) is 0 Å². The standard InChI is InChI=1S/C14H18ClNO/c15-13-6-1-2-7-14(13)17-12-8-10-4-3-5-11(9-12)16-10/h1-2,6-7,10-12,16H,3-5,8-9H2/t10-,11+,12+. The molecule has 0 spiro atoms. The summed E-state index contributed by atoms with van der Waals surface area (Å²) in [5, 5.41) is 4.39. The quantitative estimate of drug-likeness (QED) is 0.870. The number of benzene rings is 1. The van der Waals surface area contributed by atoms with Gasteiger partial charge >= 0.3 is 0 Å². The number of ether oxygens (including phenoxy) is 1. The molecule has 1 aromatic carbocycles. The smallest absolute Gasteiger partial charge is 0.138 e. The summed E-state index contributed by atoms with van der Waals surface area (Å²) in [5.41, 5.74) is 0. The Hall–Kier alpha value is -0.730. The van der Waals surface area contributed by atoms with E-state index in [-0.39, 0.29) is 0 Å². The summed E-state index contributed by atoms with van der Waals surface area (Å²) in [7, 11) is 0. The van der Waals surface area contributed by atoms with Gasteiger partial charge in [0.15, 0.2) is 0 Å². The summed E-state index contributed by atoms with van der Waals surface area (Å²) in [6.45, 7) is 0. The first kappa shape index (κ1) is 11.4. The highest BCUT2D eigenvalue weighted by atomic mass is 35.5. The SMILES string of the molecule is Clc1ccccc1O[C@H]1C[C@H]2CCC[C@@H](C1)N2. The van der Waals surface area contributed by atoms with Crippen LogP contribution in [0.15, 0.2) is 24.3 Å². The molecule has 1 aromatic rings. The Morgan fingerprint density at radius 2 is 1.82 bits per heavy atom. The predicted molar refractivity (Wildman–Crippen MR) is 69.7 cm³/mol. The third-order valence-corrected chi connectivity index (χ3v) is 4.11. The molecule has 92 valence electrons. The van der Waals surface area contributed by atoms with E-state index < -0.39 is 0 Å². The maximum absolute atomic E-state index is 6.12. The lowest BCUT2D eigenvalue weighted by molar-refractivity contribution is 0.0928. The van der Waals surface area contributed by atoms with Crippen LogP contribution < -0.4 is 10.1 Å². The number of hydrogen-bond donors (Lipinski definition) is 1. The maximum atomic E-state index is 6.12. The van der Waals surface area contributed by atoms with E-state index in [9.17, 15) is 0 Å². The minimum atomic E-state index is 0.325. The van der Waals surface area contributed by atoms with Crippen LogP contribution in [-0.2, 0) is 0 Å². The number of piperidine rings is 2. The van der Waals surface area contributed by atoms with Crippen LogP contribution in [0.4, 0.5) is 0 Å². The normalized spacial score (nSPS) is 32.2. The van der Waals surface area contributed by atoms with Gasteiger partial charge in [-0.05, 0) is 37.8 Å². The van der Waals surface area contributed by atoms with Crippen LogP contribution in [0.25, 0.3) is 0 Å². The van der Waals surface area contributed by atoms with Gasteiger partial charge in [-0.15, -0.1) is 0 Å². The van der Waals surface area contributed by atoms with Gasteiger partial charge in [0.2, 0.25) is 0 Å². The average Bonchev–Trinajstić information content (AvgIpc) is 2.32. The fourth-order valence-corrected chi connectivity index (χ4v) is 3.21. The largest absolute Gasteiger partial charge is 0.489 e. The molecule has 2 aliphatic rings. The highest BCUT2D eigenvalue weighted by Gasteiger charge is 2.32. The van der Waals surface area contributed by atoms with Crippen molar-refractivity contribution >= 4 is 11.6 Å². The first-order valence-electron chi connectivity index (χ1n) is 6.48. The number of nitrogens with one attached hydrogen (secondary N) is 1. The van der Waals surface area contributed by atoms with E-state index in [1.807, 2.05) is 24.3 Å². The molecule has 0 unspecified atom stereocenters. The Labute approximate surface area is 107 Å². The van der Waals surface area contributed by atoms with E-state index >= 15 is 0 Å². The van der Waals surface area contributed by atoms with E-state index in [0.29, 0.717) is 18.2 Å². The zero-order valence-electron chi connectivity index (χ0n) is 9.86. The number of halogens is 1. The van der Waals surface area contributed by atoms with Gasteiger partial charge in [0.05, 0.1) is 5.02 Å². The molecule has 2 bridgehead atoms. The molecule has 2 aliphatic heterocycles. The second-order valence-corrected chi connectivity index (χ2v) is 5.54. The minimum absolute atomic E-state index is 0.325. The molecule has 2 fully saturated rings. The summed E-state index contributed by atoms with van der Waals surface area (Å²) in [6.07, 6.45) is 6.49. The molecule has 2 nitrogen and oxygen atoms in total. The summed E-state index contributed by atoms with van der Waals surface area (Å²) in [6, 6.07) is 9.05. The molecule has 0 saturated carbocycles. The highest BCUT2D eigenvalue weighted by molar-refractivity contribution is 6.32. The van der Waals surface area contributed by atoms with E-state index in [1.165, 1.54) is 19.3 Å². The zero-order valence-corrected chi connectivity index (χ0v) is 10.6. The fraction of sp³-hybridized carbons (Fsp3) is 0.571. The number of hydrogen-bond acceptors (Lipinski definition) is 2. The fourth-order valence-electron chi connectivity index (χ4n) is 3.03. The lowest BCUT2D eigenvalue weighted by atomic mass is 9.85. The van der Waals surface area contributed by atoms with Crippen LogP contribution >= 0.6 is 11.6 Å². The topological polar surface area (TPSA) is 21.3 Å². The number of rotatable bonds is 2. The number of para-hydroxylation sites is 1. The zero-order chi connectivity index (χ0) is 11.7. The van der Waals surface area contributed by atoms with Gasteiger partial charge in [-0.1, -0.05) is 30.2 Å². The summed E-state index contributed by atoms with van der Waals surface area (Å²) < 4.78 is 6.05. The van der Waals surface area contributed by atoms with Gasteiger partial charge < -0.3 is 10.1 Å². The number of fused-ring (bicyclic) bond motifs is 2. The summed E-state index contributed by atoms with van der Waals surface area (Å²) in [4.78, 5) is 0. The highest BCUT2D eigenvalue weighted by Crippen LogP contribution is 2.31. The molecule has 3 rings (SSSR count). The molecular formula is C14H18ClNO. The lowest BCUT2D eigenvalue weighted by Crippen LogP contribution is -2.51. The lowest BCUT2D eigenvalue weighted by Gasteiger charge is -2.40. The van der Waals surface area contributed by atoms with Crippen molar-refractivity contribution in [3.8, 4) is 5.75 Å². The molecule has 3 atom stereocenters. The van der Waals surface area contributed by atoms with Crippen molar-refractivity contribution in [2.24, 2.45) is 0 Å². The van der Waals surface area contributed by atoms with Crippen molar-refractivity contribution in [2.45, 2.75) is 50.3 Å². The van der Waals surface area contributed by atoms with Gasteiger partial charge in [-0.2, -0.15) is 0 Å². The predicted octanol–water partition coefficient (Wildman–Crippen LogP) is 3.39. The van der Waals surface area contributed by atoms with E-state index in [0.717, 1.165) is 23.6 Å². The van der Waals surface area contributed by atoms with Crippen molar-refractivity contribution in [1.29, 1.82) is 0 Å². The van der Waals surface area contributed by atoms with Crippen LogP contribution in [0.5, 0.6) is 5.75 Å². The Kier molecular flexibility index (Phi) is 3.26. The van der Waals surface area contributed by atoms with Crippen molar-refractivity contribution in [3.05, 3.63) is 29.3 Å². The molecule has 0 aliphatic carbocycles. The maximum Gasteiger partial charge on any atom is 0.138 e.